The maximum Gasteiger partial charge on any atom is 0.243 e. The maximum atomic E-state index is 13.1. The van der Waals surface area contributed by atoms with Crippen LogP contribution in [0.3, 0.4) is 0 Å². The third-order valence-corrected chi connectivity index (χ3v) is 3.10. The Kier molecular flexibility index (Phi) is 8.82. The monoisotopic (exact) mass is 460 g/mol. The molecule has 0 saturated heterocycles. The molecule has 0 bridgehead atoms. The van der Waals surface area contributed by atoms with Crippen molar-refractivity contribution in [2.75, 3.05) is 18.9 Å². The Balaban J connectivity index is 0.00000312. The summed E-state index contributed by atoms with van der Waals surface area (Å²) in [4.78, 5) is 15.8. The first kappa shape index (κ1) is 20.8. The van der Waals surface area contributed by atoms with Gasteiger partial charge in [0.2, 0.25) is 5.91 Å². The number of hydrogen-bond acceptors (Lipinski definition) is 2. The lowest BCUT2D eigenvalue weighted by Gasteiger charge is -2.12. The molecule has 0 heterocycles. The number of amides is 1. The van der Waals surface area contributed by atoms with Crippen molar-refractivity contribution < 1.29 is 13.6 Å². The second kappa shape index (κ2) is 10.6. The predicted molar refractivity (Wildman–Crippen MR) is 105 cm³/mol. The van der Waals surface area contributed by atoms with Gasteiger partial charge in [-0.3, -0.25) is 9.79 Å². The van der Waals surface area contributed by atoms with Gasteiger partial charge in [0.25, 0.3) is 0 Å². The molecule has 0 aromatic heterocycles. The van der Waals surface area contributed by atoms with Gasteiger partial charge in [-0.1, -0.05) is 18.2 Å². The summed E-state index contributed by atoms with van der Waals surface area (Å²) in [5, 5.41) is 8.37. The number of hydrogen-bond donors (Lipinski definition) is 3. The van der Waals surface area contributed by atoms with E-state index < -0.39 is 5.82 Å². The van der Waals surface area contributed by atoms with E-state index in [4.69, 9.17) is 0 Å². The highest BCUT2D eigenvalue weighted by molar-refractivity contribution is 14.0. The van der Waals surface area contributed by atoms with E-state index in [1.807, 2.05) is 0 Å². The summed E-state index contributed by atoms with van der Waals surface area (Å²) in [5.41, 5.74) is 1.13. The molecule has 25 heavy (non-hydrogen) atoms. The molecule has 134 valence electrons. The number of nitrogens with zero attached hydrogens (tertiary/aromatic N) is 1. The standard InChI is InChI=1S/C17H18F2N4O.HI/c1-20-17(21-10-12-4-2-5-13(18)8-12)22-11-16(24)23-15-7-3-6-14(19)9-15;/h2-9H,10-11H2,1H3,(H,23,24)(H2,20,21,22);1H. The van der Waals surface area contributed by atoms with Crippen molar-refractivity contribution in [2.24, 2.45) is 4.99 Å². The van der Waals surface area contributed by atoms with Crippen molar-refractivity contribution in [1.29, 1.82) is 0 Å². The third kappa shape index (κ3) is 7.46. The molecule has 0 fully saturated rings. The average molecular weight is 460 g/mol. The lowest BCUT2D eigenvalue weighted by atomic mass is 10.2. The van der Waals surface area contributed by atoms with Crippen molar-refractivity contribution in [2.45, 2.75) is 6.54 Å². The molecule has 1 amide bonds. The minimum absolute atomic E-state index is 0. The minimum Gasteiger partial charge on any atom is -0.352 e. The molecule has 0 spiro atoms. The first-order valence-electron chi connectivity index (χ1n) is 7.31. The van der Waals surface area contributed by atoms with E-state index in [1.165, 1.54) is 30.3 Å². The number of benzene rings is 2. The minimum atomic E-state index is -0.423. The van der Waals surface area contributed by atoms with Gasteiger partial charge in [-0.15, -0.1) is 24.0 Å². The molecule has 0 unspecified atom stereocenters. The van der Waals surface area contributed by atoms with Crippen LogP contribution >= 0.6 is 24.0 Å². The first-order chi connectivity index (χ1) is 11.6. The van der Waals surface area contributed by atoms with E-state index in [2.05, 4.69) is 20.9 Å². The largest absolute Gasteiger partial charge is 0.352 e. The van der Waals surface area contributed by atoms with Crippen LogP contribution in [-0.4, -0.2) is 25.5 Å². The van der Waals surface area contributed by atoms with Crippen LogP contribution in [0.25, 0.3) is 0 Å². The summed E-state index contributed by atoms with van der Waals surface area (Å²) in [6, 6.07) is 11.8. The number of anilines is 1. The van der Waals surface area contributed by atoms with E-state index in [0.717, 1.165) is 5.56 Å². The van der Waals surface area contributed by atoms with E-state index in [-0.39, 0.29) is 42.2 Å². The van der Waals surface area contributed by atoms with Crippen LogP contribution in [-0.2, 0) is 11.3 Å². The number of halogens is 3. The quantitative estimate of drug-likeness (QED) is 0.366. The molecule has 0 aliphatic carbocycles. The Bertz CT molecular complexity index is 740. The zero-order valence-electron chi connectivity index (χ0n) is 13.6. The summed E-state index contributed by atoms with van der Waals surface area (Å²) in [5.74, 6) is -0.678. The van der Waals surface area contributed by atoms with E-state index in [1.54, 1.807) is 25.2 Å². The predicted octanol–water partition coefficient (Wildman–Crippen LogP) is 2.89. The molecular formula is C17H19F2IN4O. The van der Waals surface area contributed by atoms with Crippen LogP contribution in [0, 0.1) is 11.6 Å². The van der Waals surface area contributed by atoms with E-state index >= 15 is 0 Å². The normalized spacial score (nSPS) is 10.6. The fourth-order valence-corrected chi connectivity index (χ4v) is 1.99. The second-order valence-corrected chi connectivity index (χ2v) is 4.97. The Hall–Kier alpha value is -2.23. The molecule has 2 aromatic carbocycles. The van der Waals surface area contributed by atoms with Crippen LogP contribution < -0.4 is 16.0 Å². The van der Waals surface area contributed by atoms with Gasteiger partial charge in [-0.25, -0.2) is 8.78 Å². The van der Waals surface area contributed by atoms with Crippen LogP contribution in [0.1, 0.15) is 5.56 Å². The molecule has 0 atom stereocenters. The zero-order chi connectivity index (χ0) is 17.4. The summed E-state index contributed by atoms with van der Waals surface area (Å²) < 4.78 is 26.2. The van der Waals surface area contributed by atoms with Gasteiger partial charge in [-0.2, -0.15) is 0 Å². The number of aliphatic imine (C=N–C) groups is 1. The second-order valence-electron chi connectivity index (χ2n) is 4.97. The number of guanidine groups is 1. The summed E-state index contributed by atoms with van der Waals surface area (Å²) in [7, 11) is 1.56. The SMILES string of the molecule is CN=C(NCC(=O)Nc1cccc(F)c1)NCc1cccc(F)c1.I. The van der Waals surface area contributed by atoms with Gasteiger partial charge in [-0.05, 0) is 35.9 Å². The van der Waals surface area contributed by atoms with Gasteiger partial charge >= 0.3 is 0 Å². The van der Waals surface area contributed by atoms with Gasteiger partial charge < -0.3 is 16.0 Å². The third-order valence-electron chi connectivity index (χ3n) is 3.10. The van der Waals surface area contributed by atoms with Crippen molar-refractivity contribution in [1.82, 2.24) is 10.6 Å². The van der Waals surface area contributed by atoms with Crippen LogP contribution in [0.4, 0.5) is 14.5 Å². The smallest absolute Gasteiger partial charge is 0.243 e. The van der Waals surface area contributed by atoms with Crippen LogP contribution in [0.15, 0.2) is 53.5 Å². The lowest BCUT2D eigenvalue weighted by Crippen LogP contribution is -2.41. The summed E-state index contributed by atoms with van der Waals surface area (Å²) in [6.45, 7) is 0.322. The molecule has 2 aromatic rings. The Morgan fingerprint density at radius 2 is 1.72 bits per heavy atom. The number of carbonyl (C=O) groups excluding carboxylic acids is 1. The Labute approximate surface area is 161 Å². The van der Waals surface area contributed by atoms with E-state index in [0.29, 0.717) is 18.2 Å². The first-order valence-corrected chi connectivity index (χ1v) is 7.31. The van der Waals surface area contributed by atoms with Gasteiger partial charge in [0.05, 0.1) is 6.54 Å². The average Bonchev–Trinajstić information content (AvgIpc) is 2.55. The molecule has 8 heteroatoms. The highest BCUT2D eigenvalue weighted by Gasteiger charge is 2.05. The Morgan fingerprint density at radius 3 is 2.36 bits per heavy atom. The lowest BCUT2D eigenvalue weighted by molar-refractivity contribution is -0.115. The molecule has 2 rings (SSSR count). The molecule has 0 saturated carbocycles. The van der Waals surface area contributed by atoms with Crippen molar-refractivity contribution in [3.8, 4) is 0 Å². The number of rotatable bonds is 5. The van der Waals surface area contributed by atoms with Crippen LogP contribution in [0.5, 0.6) is 0 Å². The zero-order valence-corrected chi connectivity index (χ0v) is 15.9. The van der Waals surface area contributed by atoms with Gasteiger partial charge in [0.15, 0.2) is 5.96 Å². The maximum absolute atomic E-state index is 13.1. The fourth-order valence-electron chi connectivity index (χ4n) is 1.99. The molecular weight excluding hydrogens is 441 g/mol. The number of carbonyl (C=O) groups is 1. The van der Waals surface area contributed by atoms with E-state index in [9.17, 15) is 13.6 Å². The number of nitrogens with one attached hydrogen (secondary N) is 3. The summed E-state index contributed by atoms with van der Waals surface area (Å²) in [6.07, 6.45) is 0. The molecule has 0 radical (unpaired) electrons. The highest BCUT2D eigenvalue weighted by atomic mass is 127. The van der Waals surface area contributed by atoms with Gasteiger partial charge in [0.1, 0.15) is 11.6 Å². The fraction of sp³-hybridized carbons (Fsp3) is 0.176. The topological polar surface area (TPSA) is 65.5 Å². The molecule has 0 aliphatic heterocycles. The molecule has 0 aliphatic rings. The van der Waals surface area contributed by atoms with Crippen LogP contribution in [0.2, 0.25) is 0 Å². The van der Waals surface area contributed by atoms with Crippen molar-refractivity contribution in [3.63, 3.8) is 0 Å². The van der Waals surface area contributed by atoms with Crippen molar-refractivity contribution in [3.05, 3.63) is 65.7 Å². The van der Waals surface area contributed by atoms with Crippen molar-refractivity contribution >= 4 is 41.5 Å². The molecule has 5 nitrogen and oxygen atoms in total. The van der Waals surface area contributed by atoms with Gasteiger partial charge in [0, 0.05) is 19.3 Å². The Morgan fingerprint density at radius 1 is 1.04 bits per heavy atom. The highest BCUT2D eigenvalue weighted by Crippen LogP contribution is 2.08. The molecule has 3 N–H and O–H groups in total. The summed E-state index contributed by atoms with van der Waals surface area (Å²) >= 11 is 0.